The van der Waals surface area contributed by atoms with E-state index in [9.17, 15) is 9.59 Å². The predicted octanol–water partition coefficient (Wildman–Crippen LogP) is 5.78. The first-order chi connectivity index (χ1) is 13.1. The van der Waals surface area contributed by atoms with Crippen molar-refractivity contribution >= 4 is 11.9 Å². The Bertz CT molecular complexity index is 761. The van der Waals surface area contributed by atoms with Gasteiger partial charge in [-0.05, 0) is 87.0 Å². The number of allylic oxidation sites excluding steroid dienone is 3. The monoisotopic (exact) mass is 386 g/mol. The van der Waals surface area contributed by atoms with Gasteiger partial charge in [0.15, 0.2) is 0 Å². The molecule has 4 nitrogen and oxygen atoms in total. The second kappa shape index (κ2) is 6.47. The van der Waals surface area contributed by atoms with Gasteiger partial charge in [0.2, 0.25) is 0 Å². The molecule has 0 aromatic heterocycles. The van der Waals surface area contributed by atoms with Crippen LogP contribution in [0.5, 0.6) is 0 Å². The number of Topliss-reactive ketones (excluding diaryl/α,β-unsaturated/α-hetero) is 1. The van der Waals surface area contributed by atoms with Gasteiger partial charge in [-0.25, -0.2) is 4.79 Å². The molecule has 0 radical (unpaired) electrons. The van der Waals surface area contributed by atoms with Crippen molar-refractivity contribution in [3.63, 3.8) is 0 Å². The minimum Gasteiger partial charge on any atom is -0.450 e. The molecule has 5 atom stereocenters. The van der Waals surface area contributed by atoms with Crippen LogP contribution in [-0.2, 0) is 9.53 Å². The van der Waals surface area contributed by atoms with Gasteiger partial charge in [0.25, 0.3) is 0 Å². The molecule has 0 aliphatic heterocycles. The molecule has 4 heteroatoms. The number of ether oxygens (including phenoxy) is 1. The summed E-state index contributed by atoms with van der Waals surface area (Å²) >= 11 is 0. The number of fused-ring (bicyclic) bond motifs is 5. The predicted molar refractivity (Wildman–Crippen MR) is 108 cm³/mol. The molecular formula is C24H34O4. The standard InChI is InChI=1S/C24H34O4/c1-22(2)19-8-6-16-17-7-5-15(11-14-28-21(26)27)23(17,3)12-9-18(16)24(19,4)13-10-20(22)25/h8,11,16-18H,5-7,9-10,12-14H2,1-4H3,(H,26,27)/t16-,17-,18-,23+,24+/m0/s1. The van der Waals surface area contributed by atoms with Gasteiger partial charge in [0.05, 0.1) is 0 Å². The molecule has 28 heavy (non-hydrogen) atoms. The fraction of sp³-hybridized carbons (Fsp3) is 0.750. The van der Waals surface area contributed by atoms with Crippen LogP contribution in [0.4, 0.5) is 4.79 Å². The van der Waals surface area contributed by atoms with E-state index in [2.05, 4.69) is 33.8 Å². The quantitative estimate of drug-likeness (QED) is 0.483. The molecule has 0 aromatic rings. The Morgan fingerprint density at radius 3 is 2.57 bits per heavy atom. The molecule has 0 bridgehead atoms. The second-order valence-electron chi connectivity index (χ2n) is 10.5. The van der Waals surface area contributed by atoms with E-state index >= 15 is 0 Å². The molecule has 154 valence electrons. The molecule has 0 unspecified atom stereocenters. The molecule has 0 heterocycles. The second-order valence-corrected chi connectivity index (χ2v) is 10.5. The lowest BCUT2D eigenvalue weighted by molar-refractivity contribution is -0.131. The number of carbonyl (C=O) groups is 2. The average Bonchev–Trinajstić information content (AvgIpc) is 2.95. The van der Waals surface area contributed by atoms with E-state index in [1.165, 1.54) is 24.0 Å². The van der Waals surface area contributed by atoms with Gasteiger partial charge in [-0.3, -0.25) is 4.79 Å². The van der Waals surface area contributed by atoms with E-state index in [4.69, 9.17) is 9.84 Å². The number of carbonyl (C=O) groups excluding carboxylic acids is 1. The molecule has 3 saturated carbocycles. The normalized spacial score (nSPS) is 43.0. The Labute approximate surface area is 168 Å². The molecule has 0 spiro atoms. The minimum absolute atomic E-state index is 0.153. The van der Waals surface area contributed by atoms with E-state index in [1.807, 2.05) is 6.08 Å². The van der Waals surface area contributed by atoms with Gasteiger partial charge >= 0.3 is 6.16 Å². The number of carboxylic acid groups (broad SMARTS) is 1. The van der Waals surface area contributed by atoms with Crippen LogP contribution in [0.1, 0.15) is 72.6 Å². The van der Waals surface area contributed by atoms with Crippen LogP contribution < -0.4 is 0 Å². The van der Waals surface area contributed by atoms with Gasteiger partial charge in [0, 0.05) is 11.8 Å². The van der Waals surface area contributed by atoms with Crippen LogP contribution in [-0.4, -0.2) is 23.7 Å². The summed E-state index contributed by atoms with van der Waals surface area (Å²) in [6, 6.07) is 0. The van der Waals surface area contributed by atoms with Gasteiger partial charge in [-0.1, -0.05) is 31.1 Å². The lowest BCUT2D eigenvalue weighted by Gasteiger charge is -2.59. The first-order valence-corrected chi connectivity index (χ1v) is 10.9. The summed E-state index contributed by atoms with van der Waals surface area (Å²) < 4.78 is 4.75. The molecule has 0 amide bonds. The lowest BCUT2D eigenvalue weighted by Crippen LogP contribution is -2.53. The molecule has 0 aromatic carbocycles. The lowest BCUT2D eigenvalue weighted by atomic mass is 9.45. The molecule has 1 N–H and O–H groups in total. The van der Waals surface area contributed by atoms with E-state index in [-0.39, 0.29) is 22.9 Å². The zero-order valence-corrected chi connectivity index (χ0v) is 17.7. The smallest absolute Gasteiger partial charge is 0.450 e. The highest BCUT2D eigenvalue weighted by Crippen LogP contribution is 2.67. The average molecular weight is 387 g/mol. The fourth-order valence-electron chi connectivity index (χ4n) is 7.62. The van der Waals surface area contributed by atoms with Gasteiger partial charge in [-0.15, -0.1) is 0 Å². The van der Waals surface area contributed by atoms with E-state index in [0.717, 1.165) is 25.7 Å². The maximum Gasteiger partial charge on any atom is 0.506 e. The number of ketones is 1. The summed E-state index contributed by atoms with van der Waals surface area (Å²) in [4.78, 5) is 23.3. The summed E-state index contributed by atoms with van der Waals surface area (Å²) in [7, 11) is 0. The Kier molecular flexibility index (Phi) is 4.55. The van der Waals surface area contributed by atoms with Crippen molar-refractivity contribution in [2.45, 2.75) is 72.6 Å². The van der Waals surface area contributed by atoms with Crippen molar-refractivity contribution in [3.05, 3.63) is 23.3 Å². The number of hydrogen-bond donors (Lipinski definition) is 1. The van der Waals surface area contributed by atoms with Crippen LogP contribution in [0.2, 0.25) is 0 Å². The van der Waals surface area contributed by atoms with Crippen LogP contribution in [0.3, 0.4) is 0 Å². The summed E-state index contributed by atoms with van der Waals surface area (Å²) in [6.45, 7) is 9.25. The zero-order chi connectivity index (χ0) is 20.3. The third-order valence-corrected chi connectivity index (χ3v) is 9.09. The number of rotatable bonds is 2. The van der Waals surface area contributed by atoms with Crippen molar-refractivity contribution < 1.29 is 19.4 Å². The van der Waals surface area contributed by atoms with Gasteiger partial charge in [-0.2, -0.15) is 0 Å². The van der Waals surface area contributed by atoms with Crippen molar-refractivity contribution in [3.8, 4) is 0 Å². The fourth-order valence-corrected chi connectivity index (χ4v) is 7.62. The largest absolute Gasteiger partial charge is 0.506 e. The highest BCUT2D eigenvalue weighted by molar-refractivity contribution is 5.89. The van der Waals surface area contributed by atoms with Crippen LogP contribution in [0.25, 0.3) is 0 Å². The first kappa shape index (κ1) is 19.7. The van der Waals surface area contributed by atoms with E-state index in [1.54, 1.807) is 0 Å². The SMILES string of the molecule is CC1(C)C(=O)CC[C@@]2(C)C1=CC[C@@H]1[C@@H]2CC[C@]2(C)C(=CCOC(=O)O)CC[C@@H]12. The third-order valence-electron chi connectivity index (χ3n) is 9.09. The van der Waals surface area contributed by atoms with E-state index < -0.39 is 6.16 Å². The van der Waals surface area contributed by atoms with Crippen molar-refractivity contribution in [1.29, 1.82) is 0 Å². The Balaban J connectivity index is 1.62. The highest BCUT2D eigenvalue weighted by atomic mass is 16.7. The summed E-state index contributed by atoms with van der Waals surface area (Å²) in [6.07, 6.45) is 10.7. The maximum absolute atomic E-state index is 12.6. The third kappa shape index (κ3) is 2.70. The summed E-state index contributed by atoms with van der Waals surface area (Å²) in [5, 5.41) is 8.76. The molecule has 4 aliphatic carbocycles. The Morgan fingerprint density at radius 1 is 1.14 bits per heavy atom. The van der Waals surface area contributed by atoms with E-state index in [0.29, 0.717) is 30.0 Å². The van der Waals surface area contributed by atoms with Crippen molar-refractivity contribution in [1.82, 2.24) is 0 Å². The van der Waals surface area contributed by atoms with Crippen LogP contribution in [0, 0.1) is 34.0 Å². The van der Waals surface area contributed by atoms with Crippen LogP contribution in [0.15, 0.2) is 23.3 Å². The molecule has 3 fully saturated rings. The summed E-state index contributed by atoms with van der Waals surface area (Å²) in [5.74, 6) is 2.38. The Hall–Kier alpha value is -1.58. The van der Waals surface area contributed by atoms with Crippen molar-refractivity contribution in [2.75, 3.05) is 6.61 Å². The highest BCUT2D eigenvalue weighted by Gasteiger charge is 2.59. The molecule has 0 saturated heterocycles. The minimum atomic E-state index is -1.20. The molecule has 4 rings (SSSR count). The van der Waals surface area contributed by atoms with Gasteiger partial charge < -0.3 is 9.84 Å². The molecular weight excluding hydrogens is 352 g/mol. The molecule has 4 aliphatic rings. The summed E-state index contributed by atoms with van der Waals surface area (Å²) in [5.41, 5.74) is 2.82. The van der Waals surface area contributed by atoms with Crippen molar-refractivity contribution in [2.24, 2.45) is 34.0 Å². The first-order valence-electron chi connectivity index (χ1n) is 10.9. The topological polar surface area (TPSA) is 63.6 Å². The van der Waals surface area contributed by atoms with Crippen LogP contribution >= 0.6 is 0 Å². The number of hydrogen-bond acceptors (Lipinski definition) is 3. The Morgan fingerprint density at radius 2 is 1.86 bits per heavy atom. The maximum atomic E-state index is 12.6. The zero-order valence-electron chi connectivity index (χ0n) is 17.7. The van der Waals surface area contributed by atoms with Gasteiger partial charge in [0.1, 0.15) is 12.4 Å².